The number of nitrogens with one attached hydrogen (secondary N) is 1. The molecule has 0 aliphatic carbocycles. The van der Waals surface area contributed by atoms with Gasteiger partial charge in [0, 0.05) is 42.4 Å². The monoisotopic (exact) mass is 446 g/mol. The van der Waals surface area contributed by atoms with Crippen LogP contribution in [-0.2, 0) is 4.79 Å². The predicted octanol–water partition coefficient (Wildman–Crippen LogP) is 1.65. The Kier molecular flexibility index (Phi) is 4.44. The first kappa shape index (κ1) is 19.6. The Hall–Kier alpha value is -4.12. The van der Waals surface area contributed by atoms with E-state index in [1.54, 1.807) is 11.1 Å². The highest BCUT2D eigenvalue weighted by molar-refractivity contribution is 5.94. The van der Waals surface area contributed by atoms with Gasteiger partial charge in [-0.25, -0.2) is 14.1 Å². The van der Waals surface area contributed by atoms with Gasteiger partial charge in [0.2, 0.25) is 0 Å². The van der Waals surface area contributed by atoms with Gasteiger partial charge in [-0.2, -0.15) is 5.10 Å². The van der Waals surface area contributed by atoms with E-state index in [-0.39, 0.29) is 22.9 Å². The molecule has 1 saturated heterocycles. The van der Waals surface area contributed by atoms with E-state index in [0.29, 0.717) is 24.4 Å². The molecule has 5 heterocycles. The zero-order chi connectivity index (χ0) is 22.5. The van der Waals surface area contributed by atoms with Crippen molar-refractivity contribution in [2.45, 2.75) is 12.1 Å². The van der Waals surface area contributed by atoms with Crippen molar-refractivity contribution in [1.82, 2.24) is 29.9 Å². The zero-order valence-electron chi connectivity index (χ0n) is 17.3. The second kappa shape index (κ2) is 7.48. The van der Waals surface area contributed by atoms with E-state index in [9.17, 15) is 14.3 Å². The number of hydrogen-bond acceptors (Lipinski definition) is 7. The number of halogens is 1. The lowest BCUT2D eigenvalue weighted by Crippen LogP contribution is -2.37. The molecule has 33 heavy (non-hydrogen) atoms. The van der Waals surface area contributed by atoms with Crippen molar-refractivity contribution in [2.24, 2.45) is 11.0 Å². The lowest BCUT2D eigenvalue weighted by Gasteiger charge is -2.24. The summed E-state index contributed by atoms with van der Waals surface area (Å²) in [6.45, 7) is 0.843. The maximum absolute atomic E-state index is 14.7. The molecule has 3 aromatic heterocycles. The molecule has 3 atom stereocenters. The molecule has 3 unspecified atom stereocenters. The quantitative estimate of drug-likeness (QED) is 0.493. The number of pyridine rings is 1. The van der Waals surface area contributed by atoms with Crippen molar-refractivity contribution in [3.05, 3.63) is 66.5 Å². The highest BCUT2D eigenvalue weighted by Gasteiger charge is 2.43. The van der Waals surface area contributed by atoms with Crippen LogP contribution < -0.4 is 5.01 Å². The number of fused-ring (bicyclic) bond motifs is 2. The maximum Gasteiger partial charge on any atom is 0.256 e. The molecule has 166 valence electrons. The van der Waals surface area contributed by atoms with Crippen molar-refractivity contribution in [3.63, 3.8) is 0 Å². The minimum atomic E-state index is -1.53. The molecule has 1 amide bonds. The average Bonchev–Trinajstić information content (AvgIpc) is 3.63. The summed E-state index contributed by atoms with van der Waals surface area (Å²) in [7, 11) is 0. The lowest BCUT2D eigenvalue weighted by molar-refractivity contribution is -0.139. The lowest BCUT2D eigenvalue weighted by atomic mass is 10.1. The van der Waals surface area contributed by atoms with Crippen molar-refractivity contribution in [1.29, 1.82) is 0 Å². The molecule has 2 aliphatic rings. The molecular formula is C22H19FN8O2. The van der Waals surface area contributed by atoms with E-state index < -0.39 is 17.8 Å². The van der Waals surface area contributed by atoms with Gasteiger partial charge in [-0.05, 0) is 12.1 Å². The molecular weight excluding hydrogens is 427 g/mol. The van der Waals surface area contributed by atoms with Gasteiger partial charge in [0.1, 0.15) is 0 Å². The molecule has 1 aromatic carbocycles. The summed E-state index contributed by atoms with van der Waals surface area (Å²) >= 11 is 0. The molecule has 11 heteroatoms. The second-order valence-electron chi connectivity index (χ2n) is 8.09. The van der Waals surface area contributed by atoms with Crippen molar-refractivity contribution in [3.8, 4) is 5.82 Å². The van der Waals surface area contributed by atoms with Crippen molar-refractivity contribution in [2.75, 3.05) is 18.1 Å². The zero-order valence-corrected chi connectivity index (χ0v) is 17.3. The van der Waals surface area contributed by atoms with Crippen LogP contribution in [0.3, 0.4) is 0 Å². The molecule has 1 fully saturated rings. The van der Waals surface area contributed by atoms with Crippen LogP contribution in [0.2, 0.25) is 0 Å². The van der Waals surface area contributed by atoms with Crippen LogP contribution in [0, 0.1) is 11.7 Å². The van der Waals surface area contributed by atoms with Crippen LogP contribution >= 0.6 is 0 Å². The highest BCUT2D eigenvalue weighted by Crippen LogP contribution is 2.34. The molecule has 2 N–H and O–H groups in total. The van der Waals surface area contributed by atoms with Crippen molar-refractivity contribution < 1.29 is 14.3 Å². The van der Waals surface area contributed by atoms with Gasteiger partial charge < -0.3 is 15.0 Å². The number of hydrogen-bond donors (Lipinski definition) is 2. The van der Waals surface area contributed by atoms with Gasteiger partial charge in [-0.15, -0.1) is 5.10 Å². The third-order valence-corrected chi connectivity index (χ3v) is 6.20. The Balaban J connectivity index is 1.28. The number of rotatable bonds is 4. The summed E-state index contributed by atoms with van der Waals surface area (Å²) < 4.78 is 16.1. The smallest absolute Gasteiger partial charge is 0.256 e. The van der Waals surface area contributed by atoms with Crippen LogP contribution in [-0.4, -0.2) is 66.2 Å². The Morgan fingerprint density at radius 1 is 1.24 bits per heavy atom. The van der Waals surface area contributed by atoms with Gasteiger partial charge in [0.15, 0.2) is 17.7 Å². The number of H-pyrrole nitrogens is 1. The minimum absolute atomic E-state index is 0.00799. The van der Waals surface area contributed by atoms with Gasteiger partial charge in [-0.3, -0.25) is 9.80 Å². The number of amides is 1. The standard InChI is InChI=1S/C22H19FN8O2/c23-16-10-25-21(30-7-6-26-28-30)19-18(16)15(9-24-19)20(32)22(33)29-11-13-8-27-31(17(13)12-29)14-4-2-1-3-5-14/h1-10,13,17,20,24,32H,11-12H2. The summed E-state index contributed by atoms with van der Waals surface area (Å²) in [4.78, 5) is 21.8. The third kappa shape index (κ3) is 3.08. The Morgan fingerprint density at radius 3 is 2.88 bits per heavy atom. The predicted molar refractivity (Wildman–Crippen MR) is 117 cm³/mol. The number of aliphatic hydroxyl groups excluding tert-OH is 1. The van der Waals surface area contributed by atoms with Crippen molar-refractivity contribution >= 4 is 28.7 Å². The molecule has 0 spiro atoms. The van der Waals surface area contributed by atoms with E-state index in [0.717, 1.165) is 11.9 Å². The van der Waals surface area contributed by atoms with Crippen LogP contribution in [0.5, 0.6) is 0 Å². The SMILES string of the molecule is O=C(C(O)c1c[nH]c2c(-n3ccnn3)ncc(F)c12)N1CC2C=NN(c3ccccc3)C2C1. The first-order valence-electron chi connectivity index (χ1n) is 10.5. The number of benzene rings is 1. The minimum Gasteiger partial charge on any atom is -0.378 e. The molecule has 6 rings (SSSR count). The number of nitrogens with zero attached hydrogens (tertiary/aromatic N) is 7. The molecule has 0 bridgehead atoms. The first-order valence-corrected chi connectivity index (χ1v) is 10.5. The van der Waals surface area contributed by atoms with Crippen LogP contribution in [0.4, 0.5) is 10.1 Å². The maximum atomic E-state index is 14.7. The Morgan fingerprint density at radius 2 is 2.09 bits per heavy atom. The topological polar surface area (TPSA) is 116 Å². The molecule has 2 aliphatic heterocycles. The van der Waals surface area contributed by atoms with Crippen LogP contribution in [0.15, 0.2) is 60.2 Å². The van der Waals surface area contributed by atoms with E-state index in [1.807, 2.05) is 41.6 Å². The van der Waals surface area contributed by atoms with E-state index in [2.05, 4.69) is 25.4 Å². The normalized spacial score (nSPS) is 20.5. The first-order chi connectivity index (χ1) is 16.1. The fraction of sp³-hybridized carbons (Fsp3) is 0.227. The van der Waals surface area contributed by atoms with Gasteiger partial charge in [0.25, 0.3) is 5.91 Å². The molecule has 4 aromatic rings. The number of anilines is 1. The van der Waals surface area contributed by atoms with E-state index in [4.69, 9.17) is 0 Å². The van der Waals surface area contributed by atoms with Crippen LogP contribution in [0.1, 0.15) is 11.7 Å². The summed E-state index contributed by atoms with van der Waals surface area (Å²) in [5.74, 6) is -0.743. The third-order valence-electron chi connectivity index (χ3n) is 6.20. The fourth-order valence-electron chi connectivity index (χ4n) is 4.61. The number of hydrazone groups is 1. The van der Waals surface area contributed by atoms with Gasteiger partial charge in [0.05, 0.1) is 35.8 Å². The molecule has 10 nitrogen and oxygen atoms in total. The number of aliphatic hydroxyl groups is 1. The van der Waals surface area contributed by atoms with Gasteiger partial charge >= 0.3 is 0 Å². The highest BCUT2D eigenvalue weighted by atomic mass is 19.1. The number of aromatic nitrogens is 5. The summed E-state index contributed by atoms with van der Waals surface area (Å²) in [6.07, 6.45) is 5.85. The number of aromatic amines is 1. The van der Waals surface area contributed by atoms with Crippen LogP contribution in [0.25, 0.3) is 16.7 Å². The fourth-order valence-corrected chi connectivity index (χ4v) is 4.61. The number of para-hydroxylation sites is 1. The Labute approximate surface area is 187 Å². The number of likely N-dealkylation sites (tertiary alicyclic amines) is 1. The summed E-state index contributed by atoms with van der Waals surface area (Å²) in [6, 6.07) is 9.74. The number of carbonyl (C=O) groups is 1. The Bertz CT molecular complexity index is 1350. The summed E-state index contributed by atoms with van der Waals surface area (Å²) in [5, 5.41) is 25.1. The van der Waals surface area contributed by atoms with E-state index >= 15 is 0 Å². The summed E-state index contributed by atoms with van der Waals surface area (Å²) in [5.41, 5.74) is 1.42. The number of carbonyl (C=O) groups excluding carboxylic acids is 1. The van der Waals surface area contributed by atoms with E-state index in [1.165, 1.54) is 17.1 Å². The largest absolute Gasteiger partial charge is 0.378 e. The molecule has 0 saturated carbocycles. The second-order valence-corrected chi connectivity index (χ2v) is 8.09. The molecule has 0 radical (unpaired) electrons. The average molecular weight is 446 g/mol. The van der Waals surface area contributed by atoms with Gasteiger partial charge in [-0.1, -0.05) is 23.4 Å².